The number of hydrogen-bond donors (Lipinski definition) is 0. The second-order valence-electron chi connectivity index (χ2n) is 3.80. The van der Waals surface area contributed by atoms with Crippen LogP contribution in [0.3, 0.4) is 0 Å². The highest BCUT2D eigenvalue weighted by molar-refractivity contribution is 7.17. The van der Waals surface area contributed by atoms with Gasteiger partial charge in [-0.25, -0.2) is 0 Å². The van der Waals surface area contributed by atoms with Crippen LogP contribution in [0.4, 0.5) is 5.00 Å². The van der Waals surface area contributed by atoms with E-state index >= 15 is 0 Å². The predicted molar refractivity (Wildman–Crippen MR) is 60.3 cm³/mol. The molecule has 3 heteroatoms. The predicted octanol–water partition coefficient (Wildman–Crippen LogP) is 2.80. The molecule has 0 bridgehead atoms. The first-order valence-electron chi connectivity index (χ1n) is 5.13. The van der Waals surface area contributed by atoms with Gasteiger partial charge in [-0.15, -0.1) is 11.3 Å². The number of carbonyl (C=O) groups is 1. The van der Waals surface area contributed by atoms with Gasteiger partial charge in [0.05, 0.1) is 9.88 Å². The molecule has 0 radical (unpaired) electrons. The third kappa shape index (κ3) is 1.82. The molecule has 0 N–H and O–H groups in total. The molecule has 1 saturated heterocycles. The minimum absolute atomic E-state index is 0.833. The van der Waals surface area contributed by atoms with Gasteiger partial charge in [0.2, 0.25) is 0 Å². The summed E-state index contributed by atoms with van der Waals surface area (Å²) in [5, 5.41) is 1.25. The molecule has 1 aliphatic rings. The Bertz CT molecular complexity index is 321. The lowest BCUT2D eigenvalue weighted by atomic mass is 10.1. The molecule has 1 unspecified atom stereocenters. The van der Waals surface area contributed by atoms with E-state index in [2.05, 4.69) is 17.9 Å². The van der Waals surface area contributed by atoms with Gasteiger partial charge in [-0.05, 0) is 24.5 Å². The van der Waals surface area contributed by atoms with Crippen molar-refractivity contribution in [3.05, 3.63) is 17.0 Å². The van der Waals surface area contributed by atoms with Crippen LogP contribution in [0.25, 0.3) is 0 Å². The summed E-state index contributed by atoms with van der Waals surface area (Å²) < 4.78 is 0. The van der Waals surface area contributed by atoms with Crippen molar-refractivity contribution in [3.63, 3.8) is 0 Å². The summed E-state index contributed by atoms with van der Waals surface area (Å²) in [6, 6.07) is 3.97. The summed E-state index contributed by atoms with van der Waals surface area (Å²) in [7, 11) is 0. The second kappa shape index (κ2) is 4.13. The number of rotatable bonds is 3. The molecule has 1 aliphatic heterocycles. The maximum Gasteiger partial charge on any atom is 0.160 e. The largest absolute Gasteiger partial charge is 0.363 e. The summed E-state index contributed by atoms with van der Waals surface area (Å²) in [6.07, 6.45) is 3.49. The van der Waals surface area contributed by atoms with Crippen molar-refractivity contribution in [3.8, 4) is 0 Å². The average Bonchev–Trinajstić information content (AvgIpc) is 2.86. The maximum absolute atomic E-state index is 10.5. The van der Waals surface area contributed by atoms with E-state index in [1.807, 2.05) is 6.07 Å². The number of thiophene rings is 1. The Kier molecular flexibility index (Phi) is 2.87. The van der Waals surface area contributed by atoms with E-state index in [0.29, 0.717) is 0 Å². The highest BCUT2D eigenvalue weighted by Crippen LogP contribution is 2.30. The van der Waals surface area contributed by atoms with Crippen molar-refractivity contribution in [2.75, 3.05) is 18.0 Å². The monoisotopic (exact) mass is 209 g/mol. The van der Waals surface area contributed by atoms with Gasteiger partial charge in [-0.2, -0.15) is 0 Å². The van der Waals surface area contributed by atoms with Crippen LogP contribution in [-0.2, 0) is 0 Å². The molecule has 1 atom stereocenters. The van der Waals surface area contributed by atoms with Gasteiger partial charge in [-0.3, -0.25) is 4.79 Å². The highest BCUT2D eigenvalue weighted by Gasteiger charge is 2.21. The summed E-state index contributed by atoms with van der Waals surface area (Å²) in [4.78, 5) is 13.8. The van der Waals surface area contributed by atoms with Crippen LogP contribution < -0.4 is 4.90 Å². The first-order valence-corrected chi connectivity index (χ1v) is 5.95. The molecule has 14 heavy (non-hydrogen) atoms. The first kappa shape index (κ1) is 9.71. The summed E-state index contributed by atoms with van der Waals surface area (Å²) in [5.74, 6) is 0.844. The summed E-state index contributed by atoms with van der Waals surface area (Å²) >= 11 is 1.60. The van der Waals surface area contributed by atoms with Gasteiger partial charge in [0.15, 0.2) is 6.29 Å². The average molecular weight is 209 g/mol. The minimum Gasteiger partial charge on any atom is -0.363 e. The summed E-state index contributed by atoms with van der Waals surface area (Å²) in [5.41, 5.74) is 0. The SMILES string of the molecule is CCC1CCN(c2ccc(C=O)s2)C1. The van der Waals surface area contributed by atoms with Gasteiger partial charge < -0.3 is 4.90 Å². The molecule has 2 heterocycles. The van der Waals surface area contributed by atoms with Crippen LogP contribution >= 0.6 is 11.3 Å². The van der Waals surface area contributed by atoms with Gasteiger partial charge in [0.25, 0.3) is 0 Å². The number of carbonyl (C=O) groups excluding carboxylic acids is 1. The molecular weight excluding hydrogens is 194 g/mol. The molecule has 1 aromatic heterocycles. The third-order valence-electron chi connectivity index (χ3n) is 2.90. The van der Waals surface area contributed by atoms with Crippen LogP contribution in [0.15, 0.2) is 12.1 Å². The molecule has 76 valence electrons. The Hall–Kier alpha value is -0.830. The highest BCUT2D eigenvalue weighted by atomic mass is 32.1. The van der Waals surface area contributed by atoms with Crippen molar-refractivity contribution in [2.24, 2.45) is 5.92 Å². The molecular formula is C11H15NOS. The van der Waals surface area contributed by atoms with Crippen LogP contribution in [-0.4, -0.2) is 19.4 Å². The zero-order valence-electron chi connectivity index (χ0n) is 8.40. The lowest BCUT2D eigenvalue weighted by Gasteiger charge is -2.15. The van der Waals surface area contributed by atoms with Crippen LogP contribution in [0, 0.1) is 5.92 Å². The Balaban J connectivity index is 2.05. The molecule has 0 amide bonds. The molecule has 1 fully saturated rings. The fourth-order valence-corrected chi connectivity index (χ4v) is 2.80. The second-order valence-corrected chi connectivity index (χ2v) is 4.90. The Labute approximate surface area is 88.5 Å². The fraction of sp³-hybridized carbons (Fsp3) is 0.545. The molecule has 2 rings (SSSR count). The molecule has 1 aromatic rings. The number of hydrogen-bond acceptors (Lipinski definition) is 3. The lowest BCUT2D eigenvalue weighted by molar-refractivity contribution is 0.112. The Morgan fingerprint density at radius 1 is 1.64 bits per heavy atom. The van der Waals surface area contributed by atoms with Crippen molar-refractivity contribution in [1.82, 2.24) is 0 Å². The smallest absolute Gasteiger partial charge is 0.160 e. The van der Waals surface area contributed by atoms with E-state index in [1.165, 1.54) is 17.8 Å². The van der Waals surface area contributed by atoms with E-state index in [-0.39, 0.29) is 0 Å². The van der Waals surface area contributed by atoms with Crippen molar-refractivity contribution in [1.29, 1.82) is 0 Å². The van der Waals surface area contributed by atoms with Gasteiger partial charge in [0, 0.05) is 13.1 Å². The van der Waals surface area contributed by atoms with E-state index in [0.717, 1.165) is 30.2 Å². The number of aldehydes is 1. The van der Waals surface area contributed by atoms with E-state index in [9.17, 15) is 4.79 Å². The van der Waals surface area contributed by atoms with Gasteiger partial charge in [-0.1, -0.05) is 13.3 Å². The van der Waals surface area contributed by atoms with Crippen molar-refractivity contribution >= 4 is 22.6 Å². The molecule has 0 spiro atoms. The standard InChI is InChI=1S/C11H15NOS/c1-2-9-5-6-12(7-9)11-4-3-10(8-13)14-11/h3-4,8-9H,2,5-7H2,1H3. The third-order valence-corrected chi connectivity index (χ3v) is 3.98. The van der Waals surface area contributed by atoms with Crippen molar-refractivity contribution in [2.45, 2.75) is 19.8 Å². The quantitative estimate of drug-likeness (QED) is 0.713. The number of anilines is 1. The lowest BCUT2D eigenvalue weighted by Crippen LogP contribution is -2.17. The van der Waals surface area contributed by atoms with E-state index in [1.54, 1.807) is 11.3 Å². The molecule has 0 aliphatic carbocycles. The van der Waals surface area contributed by atoms with Crippen molar-refractivity contribution < 1.29 is 4.79 Å². The zero-order valence-corrected chi connectivity index (χ0v) is 9.22. The minimum atomic E-state index is 0.833. The van der Waals surface area contributed by atoms with Crippen LogP contribution in [0.1, 0.15) is 29.4 Å². The topological polar surface area (TPSA) is 20.3 Å². The van der Waals surface area contributed by atoms with Gasteiger partial charge >= 0.3 is 0 Å². The normalized spacial score (nSPS) is 21.5. The Morgan fingerprint density at radius 2 is 2.50 bits per heavy atom. The molecule has 0 aromatic carbocycles. The first-order chi connectivity index (χ1) is 6.83. The van der Waals surface area contributed by atoms with E-state index < -0.39 is 0 Å². The maximum atomic E-state index is 10.5. The Morgan fingerprint density at radius 3 is 3.07 bits per heavy atom. The van der Waals surface area contributed by atoms with Gasteiger partial charge in [0.1, 0.15) is 0 Å². The zero-order chi connectivity index (χ0) is 9.97. The summed E-state index contributed by atoms with van der Waals surface area (Å²) in [6.45, 7) is 4.56. The molecule has 2 nitrogen and oxygen atoms in total. The fourth-order valence-electron chi connectivity index (χ4n) is 1.94. The van der Waals surface area contributed by atoms with Crippen LogP contribution in [0.5, 0.6) is 0 Å². The van der Waals surface area contributed by atoms with E-state index in [4.69, 9.17) is 0 Å². The van der Waals surface area contributed by atoms with Crippen LogP contribution in [0.2, 0.25) is 0 Å². The molecule has 0 saturated carbocycles. The number of nitrogens with zero attached hydrogens (tertiary/aromatic N) is 1.